The molecule has 0 bridgehead atoms. The van der Waals surface area contributed by atoms with E-state index >= 15 is 0 Å². The lowest BCUT2D eigenvalue weighted by molar-refractivity contribution is 0.0350. The van der Waals surface area contributed by atoms with Crippen LogP contribution in [-0.4, -0.2) is 29.5 Å². The van der Waals surface area contributed by atoms with Gasteiger partial charge in [-0.25, -0.2) is 4.79 Å². The first-order valence-electron chi connectivity index (χ1n) is 7.05. The van der Waals surface area contributed by atoms with Gasteiger partial charge in [0.1, 0.15) is 12.0 Å². The Hall–Kier alpha value is -3.15. The molecule has 1 heterocycles. The Kier molecular flexibility index (Phi) is 4.05. The summed E-state index contributed by atoms with van der Waals surface area (Å²) in [5.41, 5.74) is 0.485. The normalized spacial score (nSPS) is 15.4. The van der Waals surface area contributed by atoms with Crippen LogP contribution in [0.4, 0.5) is 0 Å². The minimum absolute atomic E-state index is 0.00779. The van der Waals surface area contributed by atoms with Gasteiger partial charge in [0.25, 0.3) is 0 Å². The Morgan fingerprint density at radius 2 is 1.96 bits per heavy atom. The van der Waals surface area contributed by atoms with Crippen LogP contribution in [0.15, 0.2) is 72.1 Å². The van der Waals surface area contributed by atoms with Crippen molar-refractivity contribution in [1.82, 2.24) is 9.80 Å². The Labute approximate surface area is 133 Å². The lowest BCUT2D eigenvalue weighted by Crippen LogP contribution is -2.24. The standard InChI is InChI=1S/C17H15N3O3/c1-19-8-9-20(16(19)11-18-22)12-23-17(21)15-7-6-13-4-2-3-5-14(13)10-15/h2-11H,12H2,1H3/b16-11+. The van der Waals surface area contributed by atoms with Gasteiger partial charge < -0.3 is 9.64 Å². The van der Waals surface area contributed by atoms with E-state index in [9.17, 15) is 9.70 Å². The SMILES string of the molecule is CN1C=CN(COC(=O)c2ccc3ccccc3c2)/C1=C/N=O. The molecule has 1 aliphatic heterocycles. The van der Waals surface area contributed by atoms with Crippen molar-refractivity contribution < 1.29 is 9.53 Å². The van der Waals surface area contributed by atoms with E-state index in [1.807, 2.05) is 30.3 Å². The lowest BCUT2D eigenvalue weighted by Gasteiger charge is -2.20. The Morgan fingerprint density at radius 3 is 2.74 bits per heavy atom. The van der Waals surface area contributed by atoms with E-state index in [2.05, 4.69) is 5.18 Å². The maximum Gasteiger partial charge on any atom is 0.339 e. The fraction of sp³-hybridized carbons (Fsp3) is 0.118. The second kappa shape index (κ2) is 6.31. The molecule has 0 radical (unpaired) electrons. The van der Waals surface area contributed by atoms with E-state index < -0.39 is 5.97 Å². The van der Waals surface area contributed by atoms with Gasteiger partial charge in [-0.3, -0.25) is 4.90 Å². The third kappa shape index (κ3) is 3.06. The van der Waals surface area contributed by atoms with Gasteiger partial charge in [0.2, 0.25) is 0 Å². The highest BCUT2D eigenvalue weighted by molar-refractivity contribution is 5.95. The summed E-state index contributed by atoms with van der Waals surface area (Å²) in [6.45, 7) is 0.00779. The number of rotatable bonds is 4. The van der Waals surface area contributed by atoms with Gasteiger partial charge in [-0.05, 0) is 28.1 Å². The lowest BCUT2D eigenvalue weighted by atomic mass is 10.1. The maximum absolute atomic E-state index is 12.2. The third-order valence-electron chi connectivity index (χ3n) is 3.61. The van der Waals surface area contributed by atoms with Crippen molar-refractivity contribution in [3.05, 3.63) is 77.4 Å². The quantitative estimate of drug-likeness (QED) is 0.641. The summed E-state index contributed by atoms with van der Waals surface area (Å²) in [4.78, 5) is 26.0. The second-order valence-corrected chi connectivity index (χ2v) is 5.09. The summed E-state index contributed by atoms with van der Waals surface area (Å²) in [6, 6.07) is 13.2. The van der Waals surface area contributed by atoms with Crippen LogP contribution in [0.5, 0.6) is 0 Å². The zero-order valence-electron chi connectivity index (χ0n) is 12.5. The summed E-state index contributed by atoms with van der Waals surface area (Å²) < 4.78 is 5.31. The smallest absolute Gasteiger partial charge is 0.339 e. The highest BCUT2D eigenvalue weighted by Gasteiger charge is 2.18. The summed E-state index contributed by atoms with van der Waals surface area (Å²) in [5.74, 6) is 0.128. The van der Waals surface area contributed by atoms with Gasteiger partial charge >= 0.3 is 5.97 Å². The van der Waals surface area contributed by atoms with Crippen molar-refractivity contribution in [2.24, 2.45) is 5.18 Å². The molecule has 0 spiro atoms. The minimum Gasteiger partial charge on any atom is -0.440 e. The number of benzene rings is 2. The molecule has 6 heteroatoms. The summed E-state index contributed by atoms with van der Waals surface area (Å²) >= 11 is 0. The monoisotopic (exact) mass is 309 g/mol. The third-order valence-corrected chi connectivity index (χ3v) is 3.61. The Bertz CT molecular complexity index is 814. The summed E-state index contributed by atoms with van der Waals surface area (Å²) in [6.07, 6.45) is 4.63. The topological polar surface area (TPSA) is 62.2 Å². The molecule has 0 aliphatic carbocycles. The number of hydrogen-bond acceptors (Lipinski definition) is 6. The van der Waals surface area contributed by atoms with Gasteiger partial charge in [0.05, 0.1) is 5.56 Å². The van der Waals surface area contributed by atoms with Crippen LogP contribution < -0.4 is 0 Å². The fourth-order valence-electron chi connectivity index (χ4n) is 2.39. The first-order chi connectivity index (χ1) is 11.2. The molecule has 6 nitrogen and oxygen atoms in total. The molecule has 0 saturated heterocycles. The molecule has 0 N–H and O–H groups in total. The number of carbonyl (C=O) groups excluding carboxylic acids is 1. The van der Waals surface area contributed by atoms with E-state index in [0.717, 1.165) is 10.8 Å². The number of fused-ring (bicyclic) bond motifs is 1. The molecule has 0 saturated carbocycles. The molecule has 0 aromatic heterocycles. The van der Waals surface area contributed by atoms with Crippen molar-refractivity contribution in [1.29, 1.82) is 0 Å². The van der Waals surface area contributed by atoms with Crippen LogP contribution in [0.2, 0.25) is 0 Å². The molecule has 0 fully saturated rings. The average molecular weight is 309 g/mol. The predicted octanol–water partition coefficient (Wildman–Crippen LogP) is 3.24. The predicted molar refractivity (Wildman–Crippen MR) is 86.9 cm³/mol. The van der Waals surface area contributed by atoms with Gasteiger partial charge in [-0.2, -0.15) is 0 Å². The number of esters is 1. The second-order valence-electron chi connectivity index (χ2n) is 5.09. The average Bonchev–Trinajstić information content (AvgIpc) is 2.93. The van der Waals surface area contributed by atoms with Crippen LogP contribution in [0.3, 0.4) is 0 Å². The van der Waals surface area contributed by atoms with Gasteiger partial charge in [-0.1, -0.05) is 30.3 Å². The van der Waals surface area contributed by atoms with Crippen LogP contribution in [0, 0.1) is 4.91 Å². The van der Waals surface area contributed by atoms with Crippen molar-refractivity contribution in [3.8, 4) is 0 Å². The molecule has 0 unspecified atom stereocenters. The number of ether oxygens (including phenoxy) is 1. The Balaban J connectivity index is 1.70. The van der Waals surface area contributed by atoms with Gasteiger partial charge in [0, 0.05) is 19.4 Å². The molecule has 23 heavy (non-hydrogen) atoms. The summed E-state index contributed by atoms with van der Waals surface area (Å²) in [5, 5.41) is 4.81. The van der Waals surface area contributed by atoms with E-state index in [4.69, 9.17) is 4.74 Å². The zero-order valence-corrected chi connectivity index (χ0v) is 12.5. The van der Waals surface area contributed by atoms with Crippen molar-refractivity contribution in [3.63, 3.8) is 0 Å². The van der Waals surface area contributed by atoms with Gasteiger partial charge in [-0.15, -0.1) is 4.91 Å². The maximum atomic E-state index is 12.2. The van der Waals surface area contributed by atoms with Crippen LogP contribution in [0.1, 0.15) is 10.4 Å². The molecule has 2 aromatic carbocycles. The van der Waals surface area contributed by atoms with E-state index in [0.29, 0.717) is 11.4 Å². The van der Waals surface area contributed by atoms with Crippen LogP contribution >= 0.6 is 0 Å². The van der Waals surface area contributed by atoms with Gasteiger partial charge in [0.15, 0.2) is 6.73 Å². The number of hydrogen-bond donors (Lipinski definition) is 0. The number of carbonyl (C=O) groups is 1. The van der Waals surface area contributed by atoms with E-state index in [-0.39, 0.29) is 6.73 Å². The minimum atomic E-state index is -0.419. The molecule has 0 amide bonds. The first-order valence-corrected chi connectivity index (χ1v) is 7.05. The van der Waals surface area contributed by atoms with E-state index in [1.165, 1.54) is 6.20 Å². The van der Waals surface area contributed by atoms with Crippen LogP contribution in [0.25, 0.3) is 10.8 Å². The fourth-order valence-corrected chi connectivity index (χ4v) is 2.39. The molecular formula is C17H15N3O3. The molecule has 0 atom stereocenters. The van der Waals surface area contributed by atoms with E-state index in [1.54, 1.807) is 41.4 Å². The molecule has 3 rings (SSSR count). The zero-order chi connectivity index (χ0) is 16.2. The summed E-state index contributed by atoms with van der Waals surface area (Å²) in [7, 11) is 1.78. The molecular weight excluding hydrogens is 294 g/mol. The number of nitrogens with zero attached hydrogens (tertiary/aromatic N) is 3. The highest BCUT2D eigenvalue weighted by Crippen LogP contribution is 2.19. The molecule has 2 aromatic rings. The Morgan fingerprint density at radius 1 is 1.17 bits per heavy atom. The first kappa shape index (κ1) is 14.8. The largest absolute Gasteiger partial charge is 0.440 e. The number of nitroso groups, excluding NO2 is 1. The molecule has 116 valence electrons. The highest BCUT2D eigenvalue weighted by atomic mass is 16.5. The van der Waals surface area contributed by atoms with Crippen molar-refractivity contribution in [2.45, 2.75) is 0 Å². The van der Waals surface area contributed by atoms with Crippen molar-refractivity contribution >= 4 is 16.7 Å². The molecule has 1 aliphatic rings. The van der Waals surface area contributed by atoms with Crippen LogP contribution in [-0.2, 0) is 4.74 Å². The van der Waals surface area contributed by atoms with Crippen molar-refractivity contribution in [2.75, 3.05) is 13.8 Å².